The lowest BCUT2D eigenvalue weighted by Gasteiger charge is -2.15. The minimum atomic E-state index is -3.37. The largest absolute Gasteiger partial charge is 0.352 e. The fourth-order valence-corrected chi connectivity index (χ4v) is 4.26. The summed E-state index contributed by atoms with van der Waals surface area (Å²) in [6, 6.07) is 15.7. The van der Waals surface area contributed by atoms with Gasteiger partial charge in [-0.25, -0.2) is 13.1 Å². The predicted octanol–water partition coefficient (Wildman–Crippen LogP) is 3.31. The third-order valence-electron chi connectivity index (χ3n) is 4.13. The number of aliphatic imine (C=N–C) groups is 1. The van der Waals surface area contributed by atoms with E-state index in [-0.39, 0.29) is 35.8 Å². The van der Waals surface area contributed by atoms with Gasteiger partial charge in [0.05, 0.1) is 5.75 Å². The summed E-state index contributed by atoms with van der Waals surface area (Å²) in [5.74, 6) is 0.622. The number of benzene rings is 2. The maximum atomic E-state index is 12.3. The van der Waals surface area contributed by atoms with Gasteiger partial charge in [-0.2, -0.15) is 0 Å². The van der Waals surface area contributed by atoms with Crippen molar-refractivity contribution in [3.63, 3.8) is 0 Å². The van der Waals surface area contributed by atoms with Crippen LogP contribution >= 0.6 is 24.0 Å². The summed E-state index contributed by atoms with van der Waals surface area (Å²) in [4.78, 5) is 4.24. The maximum absolute atomic E-state index is 12.3. The summed E-state index contributed by atoms with van der Waals surface area (Å²) in [5, 5.41) is 6.54. The van der Waals surface area contributed by atoms with Crippen LogP contribution in [0.2, 0.25) is 0 Å². The van der Waals surface area contributed by atoms with E-state index in [4.69, 9.17) is 0 Å². The second kappa shape index (κ2) is 12.1. The Morgan fingerprint density at radius 2 is 1.55 bits per heavy atom. The maximum Gasteiger partial charge on any atom is 0.216 e. The van der Waals surface area contributed by atoms with E-state index in [0.29, 0.717) is 19.0 Å². The topological polar surface area (TPSA) is 82.6 Å². The SMILES string of the molecule is CN=C(NCc1ccc(C)cc1)NCc1ccccc1CS(=O)(=O)NC(C)C.I. The van der Waals surface area contributed by atoms with Crippen molar-refractivity contribution in [2.24, 2.45) is 4.99 Å². The van der Waals surface area contributed by atoms with Crippen molar-refractivity contribution in [1.82, 2.24) is 15.4 Å². The molecule has 0 aliphatic rings. The molecule has 6 nitrogen and oxygen atoms in total. The van der Waals surface area contributed by atoms with Crippen molar-refractivity contribution >= 4 is 40.0 Å². The Labute approximate surface area is 191 Å². The Bertz CT molecular complexity index is 897. The molecule has 0 fully saturated rings. The molecule has 0 atom stereocenters. The third-order valence-corrected chi connectivity index (χ3v) is 5.65. The van der Waals surface area contributed by atoms with Gasteiger partial charge in [-0.1, -0.05) is 54.1 Å². The fraction of sp³-hybridized carbons (Fsp3) is 0.381. The second-order valence-corrected chi connectivity index (χ2v) is 8.82. The van der Waals surface area contributed by atoms with E-state index in [1.54, 1.807) is 7.05 Å². The highest BCUT2D eigenvalue weighted by molar-refractivity contribution is 14.0. The number of hydrogen-bond donors (Lipinski definition) is 3. The molecule has 0 bridgehead atoms. The lowest BCUT2D eigenvalue weighted by molar-refractivity contribution is 0.568. The highest BCUT2D eigenvalue weighted by Crippen LogP contribution is 2.12. The number of nitrogens with zero attached hydrogens (tertiary/aromatic N) is 1. The fourth-order valence-electron chi connectivity index (χ4n) is 2.77. The minimum Gasteiger partial charge on any atom is -0.352 e. The van der Waals surface area contributed by atoms with Crippen LogP contribution in [-0.4, -0.2) is 27.5 Å². The molecular weight excluding hydrogens is 499 g/mol. The second-order valence-electron chi connectivity index (χ2n) is 7.07. The molecule has 2 aromatic carbocycles. The van der Waals surface area contributed by atoms with Gasteiger partial charge in [0.25, 0.3) is 0 Å². The van der Waals surface area contributed by atoms with E-state index in [1.165, 1.54) is 11.1 Å². The molecule has 8 heteroatoms. The van der Waals surface area contributed by atoms with Crippen LogP contribution in [0, 0.1) is 6.92 Å². The molecule has 0 heterocycles. The van der Waals surface area contributed by atoms with E-state index in [1.807, 2.05) is 38.1 Å². The Hall–Kier alpha value is -1.65. The molecule has 0 saturated heterocycles. The highest BCUT2D eigenvalue weighted by atomic mass is 127. The van der Waals surface area contributed by atoms with Gasteiger partial charge in [-0.05, 0) is 37.5 Å². The Morgan fingerprint density at radius 1 is 0.966 bits per heavy atom. The minimum absolute atomic E-state index is 0. The van der Waals surface area contributed by atoms with Crippen molar-refractivity contribution in [3.05, 3.63) is 70.8 Å². The van der Waals surface area contributed by atoms with Gasteiger partial charge in [0, 0.05) is 26.2 Å². The molecule has 0 spiro atoms. The molecule has 3 N–H and O–H groups in total. The van der Waals surface area contributed by atoms with Crippen LogP contribution in [0.25, 0.3) is 0 Å². The van der Waals surface area contributed by atoms with Crippen LogP contribution < -0.4 is 15.4 Å². The quantitative estimate of drug-likeness (QED) is 0.278. The lowest BCUT2D eigenvalue weighted by Crippen LogP contribution is -2.36. The lowest BCUT2D eigenvalue weighted by atomic mass is 10.1. The average molecular weight is 530 g/mol. The van der Waals surface area contributed by atoms with Gasteiger partial charge < -0.3 is 10.6 Å². The van der Waals surface area contributed by atoms with E-state index >= 15 is 0 Å². The summed E-state index contributed by atoms with van der Waals surface area (Å²) in [7, 11) is -1.66. The first-order valence-corrected chi connectivity index (χ1v) is 11.0. The van der Waals surface area contributed by atoms with Gasteiger partial charge in [0.1, 0.15) is 0 Å². The Balaban J connectivity index is 0.00000420. The zero-order valence-corrected chi connectivity index (χ0v) is 20.5. The first-order chi connectivity index (χ1) is 13.3. The van der Waals surface area contributed by atoms with Crippen LogP contribution in [0.3, 0.4) is 0 Å². The molecule has 0 amide bonds. The van der Waals surface area contributed by atoms with Crippen LogP contribution in [-0.2, 0) is 28.9 Å². The van der Waals surface area contributed by atoms with Gasteiger partial charge in [0.2, 0.25) is 10.0 Å². The van der Waals surface area contributed by atoms with E-state index in [0.717, 1.165) is 11.1 Å². The van der Waals surface area contributed by atoms with Crippen LogP contribution in [0.5, 0.6) is 0 Å². The number of nitrogens with one attached hydrogen (secondary N) is 3. The number of guanidine groups is 1. The highest BCUT2D eigenvalue weighted by Gasteiger charge is 2.15. The zero-order valence-electron chi connectivity index (χ0n) is 17.4. The van der Waals surface area contributed by atoms with Crippen LogP contribution in [0.15, 0.2) is 53.5 Å². The van der Waals surface area contributed by atoms with Crippen LogP contribution in [0.4, 0.5) is 0 Å². The zero-order chi connectivity index (χ0) is 20.6. The number of halogens is 1. The predicted molar refractivity (Wildman–Crippen MR) is 131 cm³/mol. The van der Waals surface area contributed by atoms with Crippen molar-refractivity contribution in [2.45, 2.75) is 45.7 Å². The van der Waals surface area contributed by atoms with Crippen molar-refractivity contribution in [2.75, 3.05) is 7.05 Å². The Kier molecular flexibility index (Phi) is 10.6. The summed E-state index contributed by atoms with van der Waals surface area (Å²) >= 11 is 0. The van der Waals surface area contributed by atoms with Gasteiger partial charge >= 0.3 is 0 Å². The molecule has 0 aliphatic heterocycles. The summed E-state index contributed by atoms with van der Waals surface area (Å²) in [6.07, 6.45) is 0. The van der Waals surface area contributed by atoms with Crippen molar-refractivity contribution in [1.29, 1.82) is 0 Å². The number of aryl methyl sites for hydroxylation is 1. The molecule has 0 aliphatic carbocycles. The van der Waals surface area contributed by atoms with E-state index in [9.17, 15) is 8.42 Å². The number of sulfonamides is 1. The molecular formula is C21H31IN4O2S. The smallest absolute Gasteiger partial charge is 0.216 e. The summed E-state index contributed by atoms with van der Waals surface area (Å²) in [6.45, 7) is 6.84. The molecule has 0 unspecified atom stereocenters. The Morgan fingerprint density at radius 3 is 2.14 bits per heavy atom. The standard InChI is InChI=1S/C21H30N4O2S.HI/c1-16(2)25-28(26,27)15-20-8-6-5-7-19(20)14-24-21(22-4)23-13-18-11-9-17(3)10-12-18;/h5-12,16,25H,13-15H2,1-4H3,(H2,22,23,24);1H. The molecule has 0 radical (unpaired) electrons. The molecule has 0 aromatic heterocycles. The summed E-state index contributed by atoms with van der Waals surface area (Å²) < 4.78 is 27.2. The third kappa shape index (κ3) is 9.14. The monoisotopic (exact) mass is 530 g/mol. The number of hydrogen-bond acceptors (Lipinski definition) is 3. The van der Waals surface area contributed by atoms with Crippen LogP contribution in [0.1, 0.15) is 36.1 Å². The van der Waals surface area contributed by atoms with Crippen molar-refractivity contribution in [3.8, 4) is 0 Å². The molecule has 2 aromatic rings. The average Bonchev–Trinajstić information content (AvgIpc) is 2.63. The molecule has 160 valence electrons. The van der Waals surface area contributed by atoms with Crippen molar-refractivity contribution < 1.29 is 8.42 Å². The molecule has 0 saturated carbocycles. The van der Waals surface area contributed by atoms with E-state index in [2.05, 4.69) is 51.5 Å². The van der Waals surface area contributed by atoms with Gasteiger partial charge in [0.15, 0.2) is 5.96 Å². The molecule has 2 rings (SSSR count). The normalized spacial score (nSPS) is 11.8. The molecule has 29 heavy (non-hydrogen) atoms. The van der Waals surface area contributed by atoms with Gasteiger partial charge in [-0.3, -0.25) is 4.99 Å². The first-order valence-electron chi connectivity index (χ1n) is 9.36. The van der Waals surface area contributed by atoms with E-state index < -0.39 is 10.0 Å². The first kappa shape index (κ1) is 25.4. The van der Waals surface area contributed by atoms with Gasteiger partial charge in [-0.15, -0.1) is 24.0 Å². The number of rotatable bonds is 8. The summed E-state index contributed by atoms with van der Waals surface area (Å²) in [5.41, 5.74) is 4.09.